The van der Waals surface area contributed by atoms with Gasteiger partial charge in [-0.05, 0) is 62.7 Å². The van der Waals surface area contributed by atoms with Crippen LogP contribution >= 0.6 is 12.2 Å². The first kappa shape index (κ1) is 14.4. The van der Waals surface area contributed by atoms with Crippen LogP contribution < -0.4 is 0 Å². The van der Waals surface area contributed by atoms with Crippen molar-refractivity contribution < 1.29 is 0 Å². The van der Waals surface area contributed by atoms with Gasteiger partial charge in [-0.2, -0.15) is 5.10 Å². The molecule has 0 aromatic carbocycles. The standard InChI is InChI=1S/C15H21N5S/c1-2-19-8-5-12(6-9-19)11-20-14(17-18-15(20)21)13-4-3-7-16-10-13/h3-4,7,10,12H,2,5-6,8-9,11H2,1H3,(H,18,21). The van der Waals surface area contributed by atoms with E-state index in [0.29, 0.717) is 10.7 Å². The normalized spacial score (nSPS) is 17.2. The summed E-state index contributed by atoms with van der Waals surface area (Å²) in [5.74, 6) is 1.57. The van der Waals surface area contributed by atoms with Gasteiger partial charge in [-0.25, -0.2) is 0 Å². The highest BCUT2D eigenvalue weighted by atomic mass is 32.1. The molecule has 1 aliphatic heterocycles. The molecule has 5 nitrogen and oxygen atoms in total. The second-order valence-electron chi connectivity index (χ2n) is 5.58. The number of aromatic amines is 1. The summed E-state index contributed by atoms with van der Waals surface area (Å²) in [5, 5.41) is 7.30. The minimum Gasteiger partial charge on any atom is -0.304 e. The third-order valence-corrected chi connectivity index (χ3v) is 4.58. The lowest BCUT2D eigenvalue weighted by Gasteiger charge is -2.31. The van der Waals surface area contributed by atoms with Crippen molar-refractivity contribution in [3.05, 3.63) is 29.3 Å². The molecule has 1 aliphatic rings. The van der Waals surface area contributed by atoms with Gasteiger partial charge in [0.25, 0.3) is 0 Å². The van der Waals surface area contributed by atoms with Crippen LogP contribution in [0.3, 0.4) is 0 Å². The van der Waals surface area contributed by atoms with Crippen LogP contribution in [-0.2, 0) is 6.54 Å². The first-order chi connectivity index (χ1) is 10.3. The van der Waals surface area contributed by atoms with Crippen molar-refractivity contribution in [1.29, 1.82) is 0 Å². The largest absolute Gasteiger partial charge is 0.304 e. The zero-order valence-electron chi connectivity index (χ0n) is 12.3. The first-order valence-electron chi connectivity index (χ1n) is 7.56. The van der Waals surface area contributed by atoms with Crippen molar-refractivity contribution >= 4 is 12.2 Å². The number of H-pyrrole nitrogens is 1. The van der Waals surface area contributed by atoms with E-state index in [1.807, 2.05) is 18.3 Å². The van der Waals surface area contributed by atoms with E-state index in [1.165, 1.54) is 25.9 Å². The summed E-state index contributed by atoms with van der Waals surface area (Å²) in [6.07, 6.45) is 6.07. The number of hydrogen-bond donors (Lipinski definition) is 1. The van der Waals surface area contributed by atoms with E-state index in [9.17, 15) is 0 Å². The molecule has 0 bridgehead atoms. The number of hydrogen-bond acceptors (Lipinski definition) is 4. The zero-order valence-corrected chi connectivity index (χ0v) is 13.1. The van der Waals surface area contributed by atoms with Crippen molar-refractivity contribution in [3.8, 4) is 11.4 Å². The molecule has 2 aromatic rings. The predicted molar refractivity (Wildman–Crippen MR) is 85.5 cm³/mol. The van der Waals surface area contributed by atoms with Crippen LogP contribution in [0.5, 0.6) is 0 Å². The van der Waals surface area contributed by atoms with E-state index < -0.39 is 0 Å². The third kappa shape index (κ3) is 3.22. The van der Waals surface area contributed by atoms with Crippen molar-refractivity contribution in [3.63, 3.8) is 0 Å². The lowest BCUT2D eigenvalue weighted by Crippen LogP contribution is -2.34. The van der Waals surface area contributed by atoms with E-state index in [1.54, 1.807) is 6.20 Å². The molecule has 0 saturated carbocycles. The van der Waals surface area contributed by atoms with Gasteiger partial charge in [-0.1, -0.05) is 6.92 Å². The number of nitrogens with zero attached hydrogens (tertiary/aromatic N) is 4. The van der Waals surface area contributed by atoms with Gasteiger partial charge in [0.2, 0.25) is 0 Å². The second-order valence-corrected chi connectivity index (χ2v) is 5.97. The molecular formula is C15H21N5S. The fraction of sp³-hybridized carbons (Fsp3) is 0.533. The molecule has 0 spiro atoms. The van der Waals surface area contributed by atoms with Gasteiger partial charge in [0.1, 0.15) is 0 Å². The quantitative estimate of drug-likeness (QED) is 0.882. The Morgan fingerprint density at radius 2 is 2.19 bits per heavy atom. The minimum atomic E-state index is 0.674. The Morgan fingerprint density at radius 1 is 1.38 bits per heavy atom. The molecular weight excluding hydrogens is 282 g/mol. The molecule has 2 aromatic heterocycles. The maximum Gasteiger partial charge on any atom is 0.195 e. The molecule has 0 radical (unpaired) electrons. The Kier molecular flexibility index (Phi) is 4.45. The highest BCUT2D eigenvalue weighted by molar-refractivity contribution is 7.71. The van der Waals surface area contributed by atoms with Gasteiger partial charge in [0.05, 0.1) is 0 Å². The maximum absolute atomic E-state index is 5.40. The Morgan fingerprint density at radius 3 is 2.86 bits per heavy atom. The summed E-state index contributed by atoms with van der Waals surface area (Å²) >= 11 is 5.40. The van der Waals surface area contributed by atoms with Gasteiger partial charge in [0.15, 0.2) is 10.6 Å². The zero-order chi connectivity index (χ0) is 14.7. The lowest BCUT2D eigenvalue weighted by atomic mass is 9.96. The number of rotatable bonds is 4. The number of aromatic nitrogens is 4. The highest BCUT2D eigenvalue weighted by Crippen LogP contribution is 2.22. The van der Waals surface area contributed by atoms with E-state index in [-0.39, 0.29) is 0 Å². The highest BCUT2D eigenvalue weighted by Gasteiger charge is 2.20. The fourth-order valence-electron chi connectivity index (χ4n) is 2.95. The van der Waals surface area contributed by atoms with Crippen LogP contribution in [0.25, 0.3) is 11.4 Å². The van der Waals surface area contributed by atoms with E-state index >= 15 is 0 Å². The molecule has 1 fully saturated rings. The van der Waals surface area contributed by atoms with Gasteiger partial charge >= 0.3 is 0 Å². The summed E-state index contributed by atoms with van der Waals surface area (Å²) < 4.78 is 2.82. The fourth-order valence-corrected chi connectivity index (χ4v) is 3.15. The number of nitrogens with one attached hydrogen (secondary N) is 1. The molecule has 0 unspecified atom stereocenters. The number of pyridine rings is 1. The molecule has 21 heavy (non-hydrogen) atoms. The van der Waals surface area contributed by atoms with E-state index in [0.717, 1.165) is 24.5 Å². The Hall–Kier alpha value is -1.53. The van der Waals surface area contributed by atoms with Crippen molar-refractivity contribution in [2.24, 2.45) is 5.92 Å². The Balaban J connectivity index is 1.77. The summed E-state index contributed by atoms with van der Waals surface area (Å²) in [6.45, 7) is 6.70. The molecule has 0 atom stereocenters. The molecule has 6 heteroatoms. The van der Waals surface area contributed by atoms with Crippen LogP contribution in [0, 0.1) is 10.7 Å². The van der Waals surface area contributed by atoms with Crippen molar-refractivity contribution in [2.75, 3.05) is 19.6 Å². The van der Waals surface area contributed by atoms with Crippen LogP contribution in [0.4, 0.5) is 0 Å². The maximum atomic E-state index is 5.40. The van der Waals surface area contributed by atoms with E-state index in [2.05, 4.69) is 31.6 Å². The molecule has 3 heterocycles. The van der Waals surface area contributed by atoms with E-state index in [4.69, 9.17) is 12.2 Å². The Bertz CT molecular complexity index is 625. The minimum absolute atomic E-state index is 0.674. The smallest absolute Gasteiger partial charge is 0.195 e. The van der Waals surface area contributed by atoms with Gasteiger partial charge in [0, 0.05) is 24.5 Å². The summed E-state index contributed by atoms with van der Waals surface area (Å²) in [7, 11) is 0. The average Bonchev–Trinajstić information content (AvgIpc) is 2.90. The SMILES string of the molecule is CCN1CCC(Cn2c(-c3cccnc3)n[nH]c2=S)CC1. The van der Waals surface area contributed by atoms with Gasteiger partial charge in [-0.3, -0.25) is 14.6 Å². The molecule has 112 valence electrons. The molecule has 0 amide bonds. The van der Waals surface area contributed by atoms with Gasteiger partial charge in [-0.15, -0.1) is 0 Å². The molecule has 0 aliphatic carbocycles. The predicted octanol–water partition coefficient (Wildman–Crippen LogP) is 2.73. The summed E-state index contributed by atoms with van der Waals surface area (Å²) in [4.78, 5) is 6.68. The van der Waals surface area contributed by atoms with Crippen LogP contribution in [0.1, 0.15) is 19.8 Å². The topological polar surface area (TPSA) is 49.7 Å². The van der Waals surface area contributed by atoms with Crippen LogP contribution in [-0.4, -0.2) is 44.3 Å². The lowest BCUT2D eigenvalue weighted by molar-refractivity contribution is 0.181. The summed E-state index contributed by atoms with van der Waals surface area (Å²) in [6, 6.07) is 3.95. The number of piperidine rings is 1. The molecule has 1 saturated heterocycles. The summed E-state index contributed by atoms with van der Waals surface area (Å²) in [5.41, 5.74) is 1.01. The van der Waals surface area contributed by atoms with Crippen molar-refractivity contribution in [1.82, 2.24) is 24.6 Å². The van der Waals surface area contributed by atoms with Crippen LogP contribution in [0.2, 0.25) is 0 Å². The monoisotopic (exact) mass is 303 g/mol. The first-order valence-corrected chi connectivity index (χ1v) is 7.96. The Labute approximate surface area is 130 Å². The molecule has 3 rings (SSSR count). The van der Waals surface area contributed by atoms with Crippen LogP contribution in [0.15, 0.2) is 24.5 Å². The average molecular weight is 303 g/mol. The molecule has 1 N–H and O–H groups in total. The third-order valence-electron chi connectivity index (χ3n) is 4.27. The second kappa shape index (κ2) is 6.49. The van der Waals surface area contributed by atoms with Crippen molar-refractivity contribution in [2.45, 2.75) is 26.3 Å². The number of likely N-dealkylation sites (tertiary alicyclic amines) is 1. The van der Waals surface area contributed by atoms with Gasteiger partial charge < -0.3 is 4.90 Å².